The highest BCUT2D eigenvalue weighted by Gasteiger charge is 2.23. The topological polar surface area (TPSA) is 81.2 Å². The first-order chi connectivity index (χ1) is 12.6. The Morgan fingerprint density at radius 3 is 2.44 bits per heavy atom. The van der Waals surface area contributed by atoms with Gasteiger partial charge < -0.3 is 10.1 Å². The number of hydrogen-bond donors (Lipinski definition) is 1. The number of nitrogens with one attached hydrogen (secondary N) is 1. The number of aryl methyl sites for hydroxylation is 2. The molecule has 1 amide bonds. The van der Waals surface area contributed by atoms with E-state index in [2.05, 4.69) is 35.8 Å². The molecule has 6 nitrogen and oxygen atoms in total. The van der Waals surface area contributed by atoms with Gasteiger partial charge in [0.25, 0.3) is 5.91 Å². The molecule has 0 aliphatic heterocycles. The normalized spacial score (nSPS) is 11.6. The molecular formula is C20H29N3O3S. The maximum absolute atomic E-state index is 12.6. The van der Waals surface area contributed by atoms with E-state index in [1.165, 1.54) is 18.4 Å². The first-order valence-electron chi connectivity index (χ1n) is 9.28. The monoisotopic (exact) mass is 391 g/mol. The smallest absolute Gasteiger partial charge is 0.305 e. The zero-order chi connectivity index (χ0) is 20.2. The minimum atomic E-state index is -0.189. The largest absolute Gasteiger partial charge is 0.469 e. The molecule has 7 heteroatoms. The molecule has 27 heavy (non-hydrogen) atoms. The van der Waals surface area contributed by atoms with Crippen LogP contribution < -0.4 is 5.32 Å². The Morgan fingerprint density at radius 2 is 1.81 bits per heavy atom. The van der Waals surface area contributed by atoms with Gasteiger partial charge in [0.05, 0.1) is 17.7 Å². The van der Waals surface area contributed by atoms with E-state index in [0.717, 1.165) is 46.6 Å². The van der Waals surface area contributed by atoms with Crippen LogP contribution in [0, 0.1) is 13.8 Å². The predicted molar refractivity (Wildman–Crippen MR) is 108 cm³/mol. The third kappa shape index (κ3) is 5.25. The number of nitrogens with zero attached hydrogens (tertiary/aromatic N) is 2. The SMILES string of the molecule is COC(=O)CCCCCNC(=O)c1sc2nc(C(C)(C)C)nc(C)c2c1C. The maximum Gasteiger partial charge on any atom is 0.305 e. The van der Waals surface area contributed by atoms with Crippen LogP contribution >= 0.6 is 11.3 Å². The molecule has 0 radical (unpaired) electrons. The van der Waals surface area contributed by atoms with Crippen LogP contribution in [0.2, 0.25) is 0 Å². The van der Waals surface area contributed by atoms with Gasteiger partial charge in [0.1, 0.15) is 10.7 Å². The average molecular weight is 392 g/mol. The van der Waals surface area contributed by atoms with E-state index >= 15 is 0 Å². The predicted octanol–water partition coefficient (Wildman–Crippen LogP) is 4.07. The van der Waals surface area contributed by atoms with Crippen molar-refractivity contribution < 1.29 is 14.3 Å². The number of fused-ring (bicyclic) bond motifs is 1. The summed E-state index contributed by atoms with van der Waals surface area (Å²) in [5.41, 5.74) is 1.72. The summed E-state index contributed by atoms with van der Waals surface area (Å²) in [6, 6.07) is 0. The van der Waals surface area contributed by atoms with Crippen molar-refractivity contribution in [3.05, 3.63) is 22.0 Å². The van der Waals surface area contributed by atoms with Gasteiger partial charge in [-0.05, 0) is 32.3 Å². The number of carbonyl (C=O) groups is 2. The van der Waals surface area contributed by atoms with Crippen molar-refractivity contribution in [2.45, 2.75) is 65.7 Å². The molecule has 0 atom stereocenters. The Morgan fingerprint density at radius 1 is 1.11 bits per heavy atom. The van der Waals surface area contributed by atoms with Gasteiger partial charge in [0, 0.05) is 23.8 Å². The number of rotatable bonds is 7. The van der Waals surface area contributed by atoms with Gasteiger partial charge in [-0.2, -0.15) is 0 Å². The lowest BCUT2D eigenvalue weighted by Crippen LogP contribution is -2.24. The zero-order valence-electron chi connectivity index (χ0n) is 17.1. The second-order valence-corrected chi connectivity index (χ2v) is 8.76. The van der Waals surface area contributed by atoms with E-state index in [1.54, 1.807) is 0 Å². The Labute approximate surface area is 164 Å². The highest BCUT2D eigenvalue weighted by atomic mass is 32.1. The molecule has 148 valence electrons. The van der Waals surface area contributed by atoms with E-state index < -0.39 is 0 Å². The van der Waals surface area contributed by atoms with Gasteiger partial charge >= 0.3 is 5.97 Å². The van der Waals surface area contributed by atoms with Crippen LogP contribution in [0.5, 0.6) is 0 Å². The number of aromatic nitrogens is 2. The van der Waals surface area contributed by atoms with Crippen LogP contribution in [0.4, 0.5) is 0 Å². The molecule has 1 N–H and O–H groups in total. The fourth-order valence-electron chi connectivity index (χ4n) is 2.85. The summed E-state index contributed by atoms with van der Waals surface area (Å²) in [6.07, 6.45) is 2.91. The maximum atomic E-state index is 12.6. The molecule has 0 aliphatic carbocycles. The summed E-state index contributed by atoms with van der Waals surface area (Å²) >= 11 is 1.43. The quantitative estimate of drug-likeness (QED) is 0.568. The van der Waals surface area contributed by atoms with Gasteiger partial charge in [-0.25, -0.2) is 9.97 Å². The molecule has 2 rings (SSSR count). The van der Waals surface area contributed by atoms with Gasteiger partial charge in [0.15, 0.2) is 0 Å². The van der Waals surface area contributed by atoms with Crippen molar-refractivity contribution in [2.24, 2.45) is 0 Å². The molecule has 0 unspecified atom stereocenters. The average Bonchev–Trinajstić information content (AvgIpc) is 2.94. The van der Waals surface area contributed by atoms with E-state index in [4.69, 9.17) is 4.98 Å². The van der Waals surface area contributed by atoms with Crippen molar-refractivity contribution >= 4 is 33.4 Å². The molecule has 0 saturated heterocycles. The number of ether oxygens (including phenoxy) is 1. The zero-order valence-corrected chi connectivity index (χ0v) is 17.9. The molecule has 2 aromatic rings. The number of thiophene rings is 1. The number of carbonyl (C=O) groups excluding carboxylic acids is 2. The van der Waals surface area contributed by atoms with Gasteiger partial charge in [-0.15, -0.1) is 11.3 Å². The number of methoxy groups -OCH3 is 1. The van der Waals surface area contributed by atoms with Gasteiger partial charge in [0.2, 0.25) is 0 Å². The van der Waals surface area contributed by atoms with Crippen molar-refractivity contribution in [1.29, 1.82) is 0 Å². The third-order valence-corrected chi connectivity index (χ3v) is 5.60. The van der Waals surface area contributed by atoms with Crippen LogP contribution in [0.25, 0.3) is 10.2 Å². The van der Waals surface area contributed by atoms with Crippen molar-refractivity contribution in [3.63, 3.8) is 0 Å². The number of unbranched alkanes of at least 4 members (excludes halogenated alkanes) is 2. The third-order valence-electron chi connectivity index (χ3n) is 4.42. The van der Waals surface area contributed by atoms with Gasteiger partial charge in [-0.3, -0.25) is 9.59 Å². The van der Waals surface area contributed by atoms with Crippen molar-refractivity contribution in [3.8, 4) is 0 Å². The summed E-state index contributed by atoms with van der Waals surface area (Å²) in [4.78, 5) is 34.6. The summed E-state index contributed by atoms with van der Waals surface area (Å²) in [7, 11) is 1.40. The van der Waals surface area contributed by atoms with Crippen molar-refractivity contribution in [1.82, 2.24) is 15.3 Å². The lowest BCUT2D eigenvalue weighted by molar-refractivity contribution is -0.140. The van der Waals surface area contributed by atoms with Crippen LogP contribution in [0.1, 0.15) is 73.2 Å². The highest BCUT2D eigenvalue weighted by molar-refractivity contribution is 7.20. The van der Waals surface area contributed by atoms with Gasteiger partial charge in [-0.1, -0.05) is 27.2 Å². The molecule has 0 spiro atoms. The Balaban J connectivity index is 2.03. The minimum absolute atomic E-state index is 0.0693. The lowest BCUT2D eigenvalue weighted by atomic mass is 9.95. The first kappa shape index (κ1) is 21.3. The van der Waals surface area contributed by atoms with Crippen LogP contribution in [0.3, 0.4) is 0 Å². The van der Waals surface area contributed by atoms with E-state index in [-0.39, 0.29) is 17.3 Å². The standard InChI is InChI=1S/C20H29N3O3S/c1-12-15-13(2)22-19(20(3,4)5)23-18(15)27-16(12)17(25)21-11-9-7-8-10-14(24)26-6/h7-11H2,1-6H3,(H,21,25). The number of amides is 1. The lowest BCUT2D eigenvalue weighted by Gasteiger charge is -2.16. The molecule has 0 aromatic carbocycles. The van der Waals surface area contributed by atoms with E-state index in [0.29, 0.717) is 17.8 Å². The van der Waals surface area contributed by atoms with Crippen LogP contribution in [-0.4, -0.2) is 35.5 Å². The minimum Gasteiger partial charge on any atom is -0.469 e. The molecule has 2 aromatic heterocycles. The molecule has 0 bridgehead atoms. The first-order valence-corrected chi connectivity index (χ1v) is 10.1. The second-order valence-electron chi connectivity index (χ2n) is 7.76. The Kier molecular flexibility index (Phi) is 6.92. The van der Waals surface area contributed by atoms with Crippen LogP contribution in [0.15, 0.2) is 0 Å². The highest BCUT2D eigenvalue weighted by Crippen LogP contribution is 2.33. The van der Waals surface area contributed by atoms with E-state index in [1.807, 2.05) is 13.8 Å². The molecular weight excluding hydrogens is 362 g/mol. The summed E-state index contributed by atoms with van der Waals surface area (Å²) in [6.45, 7) is 10.8. The number of hydrogen-bond acceptors (Lipinski definition) is 6. The second kappa shape index (κ2) is 8.78. The molecule has 0 aliphatic rings. The summed E-state index contributed by atoms with van der Waals surface area (Å²) in [5.74, 6) is 0.539. The fourth-order valence-corrected chi connectivity index (χ4v) is 3.99. The molecule has 0 saturated carbocycles. The Hall–Kier alpha value is -2.02. The Bertz CT molecular complexity index is 837. The van der Waals surface area contributed by atoms with Crippen molar-refractivity contribution in [2.75, 3.05) is 13.7 Å². The summed E-state index contributed by atoms with van der Waals surface area (Å²) < 4.78 is 4.62. The van der Waals surface area contributed by atoms with E-state index in [9.17, 15) is 9.59 Å². The number of esters is 1. The molecule has 0 fully saturated rings. The van der Waals surface area contributed by atoms with Crippen LogP contribution in [-0.2, 0) is 14.9 Å². The molecule has 2 heterocycles. The summed E-state index contributed by atoms with van der Waals surface area (Å²) in [5, 5.41) is 3.96. The fraction of sp³-hybridized carbons (Fsp3) is 0.600.